The van der Waals surface area contributed by atoms with E-state index in [-0.39, 0.29) is 36.4 Å². The number of morpholine rings is 1. The highest BCUT2D eigenvalue weighted by atomic mass is 19.4. The Morgan fingerprint density at radius 1 is 0.925 bits per heavy atom. The van der Waals surface area contributed by atoms with Crippen molar-refractivity contribution in [3.8, 4) is 5.75 Å². The molecule has 2 amide bonds. The molecule has 2 N–H and O–H groups in total. The van der Waals surface area contributed by atoms with Gasteiger partial charge in [-0.1, -0.05) is 30.3 Å². The highest BCUT2D eigenvalue weighted by Gasteiger charge is 2.33. The molecule has 1 aliphatic carbocycles. The normalized spacial score (nSPS) is 16.3. The van der Waals surface area contributed by atoms with Crippen LogP contribution in [0.4, 0.5) is 32.0 Å². The van der Waals surface area contributed by atoms with Gasteiger partial charge in [-0.05, 0) is 43.0 Å². The van der Waals surface area contributed by atoms with Gasteiger partial charge in [0.25, 0.3) is 0 Å². The smallest absolute Gasteiger partial charge is 0.406 e. The molecular weight excluding hydrogens is 544 g/mol. The van der Waals surface area contributed by atoms with Gasteiger partial charge in [0.15, 0.2) is 0 Å². The lowest BCUT2D eigenvalue weighted by molar-refractivity contribution is -0.274. The fraction of sp³-hybridized carbons (Fsp3) is 0.481. The van der Waals surface area contributed by atoms with E-state index < -0.39 is 18.1 Å². The Morgan fingerprint density at radius 3 is 2.08 bits per heavy atom. The van der Waals surface area contributed by atoms with Gasteiger partial charge in [-0.15, -0.1) is 13.2 Å². The van der Waals surface area contributed by atoms with Gasteiger partial charge in [-0.25, -0.2) is 0 Å². The molecule has 1 unspecified atom stereocenters. The minimum Gasteiger partial charge on any atom is -0.406 e. The van der Waals surface area contributed by atoms with Crippen LogP contribution in [-0.2, 0) is 20.5 Å². The third-order valence-electron chi connectivity index (χ3n) is 6.18. The van der Waals surface area contributed by atoms with Crippen LogP contribution in [0.2, 0.25) is 0 Å². The average molecular weight is 576 g/mol. The first-order valence-corrected chi connectivity index (χ1v) is 12.8. The molecule has 1 aliphatic heterocycles. The van der Waals surface area contributed by atoms with Crippen LogP contribution in [0.25, 0.3) is 0 Å². The molecule has 1 saturated heterocycles. The summed E-state index contributed by atoms with van der Waals surface area (Å²) >= 11 is 0. The molecule has 1 heterocycles. The monoisotopic (exact) mass is 575 g/mol. The first kappa shape index (κ1) is 31.1. The molecule has 13 heteroatoms. The Kier molecular flexibility index (Phi) is 11.1. The minimum atomic E-state index is -4.72. The fourth-order valence-corrected chi connectivity index (χ4v) is 3.93. The molecule has 1 atom stereocenters. The zero-order chi connectivity index (χ0) is 29.2. The summed E-state index contributed by atoms with van der Waals surface area (Å²) in [4.78, 5) is 26.2. The minimum absolute atomic E-state index is 0.0456. The van der Waals surface area contributed by atoms with Crippen LogP contribution in [0.3, 0.4) is 0 Å². The number of anilines is 1. The van der Waals surface area contributed by atoms with Crippen molar-refractivity contribution in [1.82, 2.24) is 10.2 Å². The Hall–Kier alpha value is -3.48. The lowest BCUT2D eigenvalue weighted by Crippen LogP contribution is -2.43. The fourth-order valence-electron chi connectivity index (χ4n) is 3.93. The van der Waals surface area contributed by atoms with Gasteiger partial charge >= 0.3 is 12.5 Å². The van der Waals surface area contributed by atoms with Gasteiger partial charge in [0.05, 0.1) is 18.8 Å². The third kappa shape index (κ3) is 11.3. The number of nitrogens with zero attached hydrogens (tertiary/aromatic N) is 1. The van der Waals surface area contributed by atoms with Gasteiger partial charge in [-0.2, -0.15) is 13.2 Å². The van der Waals surface area contributed by atoms with E-state index >= 15 is 0 Å². The number of hydrogen-bond acceptors (Lipinski definition) is 5. The summed E-state index contributed by atoms with van der Waals surface area (Å²) in [5, 5.41) is 6.12. The first-order valence-electron chi connectivity index (χ1n) is 12.8. The molecule has 7 nitrogen and oxygen atoms in total. The Morgan fingerprint density at radius 2 is 1.55 bits per heavy atom. The van der Waals surface area contributed by atoms with E-state index in [0.717, 1.165) is 25.0 Å². The van der Waals surface area contributed by atoms with Crippen LogP contribution in [-0.4, -0.2) is 62.0 Å². The largest absolute Gasteiger partial charge is 0.573 e. The van der Waals surface area contributed by atoms with E-state index in [9.17, 15) is 35.9 Å². The van der Waals surface area contributed by atoms with Crippen LogP contribution >= 0.6 is 0 Å². The maximum atomic E-state index is 12.3. The van der Waals surface area contributed by atoms with Crippen molar-refractivity contribution in [2.24, 2.45) is 5.92 Å². The predicted molar refractivity (Wildman–Crippen MR) is 134 cm³/mol. The number of halogens is 6. The van der Waals surface area contributed by atoms with E-state index in [1.54, 1.807) is 11.0 Å². The lowest BCUT2D eigenvalue weighted by atomic mass is 10.1. The number of alkyl halides is 6. The molecular formula is C27H31F6N3O4. The third-order valence-corrected chi connectivity index (χ3v) is 6.18. The van der Waals surface area contributed by atoms with E-state index in [1.807, 2.05) is 0 Å². The molecule has 2 fully saturated rings. The summed E-state index contributed by atoms with van der Waals surface area (Å²) in [6.45, 7) is 2.62. The molecule has 0 spiro atoms. The second-order valence-corrected chi connectivity index (χ2v) is 9.32. The predicted octanol–water partition coefficient (Wildman–Crippen LogP) is 5.24. The number of nitrogens with one attached hydrogen (secondary N) is 2. The molecule has 4 rings (SSSR count). The molecule has 0 radical (unpaired) electrons. The molecule has 0 aromatic heterocycles. The number of carbonyl (C=O) groups excluding carboxylic acids is 2. The molecule has 2 aromatic carbocycles. The van der Waals surface area contributed by atoms with Crippen molar-refractivity contribution in [2.45, 2.75) is 44.3 Å². The summed E-state index contributed by atoms with van der Waals surface area (Å²) in [6.07, 6.45) is -6.61. The van der Waals surface area contributed by atoms with Gasteiger partial charge < -0.3 is 25.0 Å². The van der Waals surface area contributed by atoms with Crippen molar-refractivity contribution in [1.29, 1.82) is 0 Å². The molecule has 2 aliphatic rings. The summed E-state index contributed by atoms with van der Waals surface area (Å²) in [5.41, 5.74) is 0.0296. The second-order valence-electron chi connectivity index (χ2n) is 9.32. The zero-order valence-electron chi connectivity index (χ0n) is 21.6. The van der Waals surface area contributed by atoms with Gasteiger partial charge in [0.2, 0.25) is 11.8 Å². The average Bonchev–Trinajstić information content (AvgIpc) is 3.76. The lowest BCUT2D eigenvalue weighted by Gasteiger charge is -2.27. The van der Waals surface area contributed by atoms with Crippen LogP contribution < -0.4 is 15.4 Å². The standard InChI is InChI=1S/C20H26F3N3O4.C7H5F3/c21-20(22,23)30-16-5-3-15(4-6-16)24-13-17(14-1-2-14)25-18(27)7-8-19(28)26-9-11-29-12-10-26;8-7(9,10)6-4-2-1-3-5-6/h3-6,14,17,24H,1-2,7-13H2,(H,25,27);1-5H. The Bertz CT molecular complexity index is 1070. The van der Waals surface area contributed by atoms with Crippen molar-refractivity contribution in [3.05, 3.63) is 60.2 Å². The quantitative estimate of drug-likeness (QED) is 0.400. The summed E-state index contributed by atoms with van der Waals surface area (Å²) in [6, 6.07) is 11.7. The van der Waals surface area contributed by atoms with Crippen LogP contribution in [0.15, 0.2) is 54.6 Å². The number of benzene rings is 2. The molecule has 220 valence electrons. The summed E-state index contributed by atoms with van der Waals surface area (Å²) in [5.74, 6) is -0.144. The number of carbonyl (C=O) groups is 2. The van der Waals surface area contributed by atoms with Crippen LogP contribution in [0, 0.1) is 5.92 Å². The van der Waals surface area contributed by atoms with Crippen LogP contribution in [0.1, 0.15) is 31.2 Å². The zero-order valence-corrected chi connectivity index (χ0v) is 21.6. The maximum absolute atomic E-state index is 12.3. The molecule has 1 saturated carbocycles. The van der Waals surface area contributed by atoms with Crippen molar-refractivity contribution >= 4 is 17.5 Å². The van der Waals surface area contributed by atoms with E-state index in [0.29, 0.717) is 44.5 Å². The topological polar surface area (TPSA) is 79.9 Å². The van der Waals surface area contributed by atoms with Crippen molar-refractivity contribution in [2.75, 3.05) is 38.2 Å². The number of ether oxygens (including phenoxy) is 2. The van der Waals surface area contributed by atoms with Crippen molar-refractivity contribution < 1.29 is 45.4 Å². The Labute approximate surface area is 227 Å². The number of amides is 2. The summed E-state index contributed by atoms with van der Waals surface area (Å²) in [7, 11) is 0. The summed E-state index contributed by atoms with van der Waals surface area (Å²) < 4.78 is 81.1. The second kappa shape index (κ2) is 14.2. The van der Waals surface area contributed by atoms with Gasteiger partial charge in [0, 0.05) is 44.2 Å². The van der Waals surface area contributed by atoms with E-state index in [2.05, 4.69) is 15.4 Å². The Balaban J connectivity index is 0.000000371. The van der Waals surface area contributed by atoms with Gasteiger partial charge in [-0.3, -0.25) is 9.59 Å². The maximum Gasteiger partial charge on any atom is 0.573 e. The van der Waals surface area contributed by atoms with E-state index in [4.69, 9.17) is 4.74 Å². The molecule has 0 bridgehead atoms. The highest BCUT2D eigenvalue weighted by molar-refractivity contribution is 5.84. The van der Waals surface area contributed by atoms with Gasteiger partial charge in [0.1, 0.15) is 5.75 Å². The first-order chi connectivity index (χ1) is 18.9. The van der Waals surface area contributed by atoms with Crippen molar-refractivity contribution in [3.63, 3.8) is 0 Å². The number of rotatable bonds is 9. The van der Waals surface area contributed by atoms with E-state index in [1.165, 1.54) is 36.4 Å². The van der Waals surface area contributed by atoms with Crippen LogP contribution in [0.5, 0.6) is 5.75 Å². The number of hydrogen-bond donors (Lipinski definition) is 2. The molecule has 2 aromatic rings. The SMILES string of the molecule is FC(F)(F)c1ccccc1.O=C(CCC(=O)N1CCOCC1)NC(CNc1ccc(OC(F)(F)F)cc1)C1CC1. The molecule has 40 heavy (non-hydrogen) atoms. The highest BCUT2D eigenvalue weighted by Crippen LogP contribution is 2.33.